The van der Waals surface area contributed by atoms with Crippen LogP contribution in [0.2, 0.25) is 0 Å². The topological polar surface area (TPSA) is 9.23 Å². The van der Waals surface area contributed by atoms with Crippen molar-refractivity contribution in [1.82, 2.24) is 0 Å². The molecule has 0 aliphatic carbocycles. The van der Waals surface area contributed by atoms with Gasteiger partial charge in [-0.2, -0.15) is 24.4 Å². The van der Waals surface area contributed by atoms with Crippen molar-refractivity contribution in [3.05, 3.63) is 0 Å². The van der Waals surface area contributed by atoms with E-state index in [2.05, 4.69) is 24.4 Å². The average Bonchev–Trinajstić information content (AvgIpc) is 2.16. The molecule has 0 spiro atoms. The fraction of sp³-hybridized carbons (Fsp3) is 1.00. The fourth-order valence-corrected chi connectivity index (χ4v) is 2.23. The second-order valence-corrected chi connectivity index (χ2v) is 4.77. The predicted molar refractivity (Wildman–Crippen MR) is 66.1 cm³/mol. The zero-order chi connectivity index (χ0) is 9.78. The SMILES string of the molecule is COCCCSCCCCCCS. The van der Waals surface area contributed by atoms with Crippen LogP contribution in [0.15, 0.2) is 0 Å². The number of hydrogen-bond acceptors (Lipinski definition) is 3. The van der Waals surface area contributed by atoms with Gasteiger partial charge >= 0.3 is 0 Å². The third kappa shape index (κ3) is 12.7. The second-order valence-electron chi connectivity index (χ2n) is 3.10. The summed E-state index contributed by atoms with van der Waals surface area (Å²) in [7, 11) is 1.77. The van der Waals surface area contributed by atoms with E-state index in [1.807, 2.05) is 0 Å². The summed E-state index contributed by atoms with van der Waals surface area (Å²) in [5, 5.41) is 0. The number of rotatable bonds is 10. The first kappa shape index (κ1) is 13.7. The number of methoxy groups -OCH3 is 1. The summed E-state index contributed by atoms with van der Waals surface area (Å²) in [5.74, 6) is 3.61. The minimum Gasteiger partial charge on any atom is -0.385 e. The first-order chi connectivity index (χ1) is 6.41. The summed E-state index contributed by atoms with van der Waals surface area (Å²) in [6, 6.07) is 0. The summed E-state index contributed by atoms with van der Waals surface area (Å²) < 4.78 is 4.98. The average molecular weight is 222 g/mol. The summed E-state index contributed by atoms with van der Waals surface area (Å²) in [6.07, 6.45) is 6.56. The van der Waals surface area contributed by atoms with Crippen molar-refractivity contribution in [3.63, 3.8) is 0 Å². The van der Waals surface area contributed by atoms with Gasteiger partial charge in [-0.3, -0.25) is 0 Å². The van der Waals surface area contributed by atoms with Crippen molar-refractivity contribution in [2.45, 2.75) is 32.1 Å². The molecule has 0 bridgehead atoms. The third-order valence-electron chi connectivity index (χ3n) is 1.83. The summed E-state index contributed by atoms with van der Waals surface area (Å²) >= 11 is 6.24. The molecule has 80 valence electrons. The van der Waals surface area contributed by atoms with Crippen LogP contribution in [0.25, 0.3) is 0 Å². The number of ether oxygens (including phenoxy) is 1. The van der Waals surface area contributed by atoms with Gasteiger partial charge in [-0.25, -0.2) is 0 Å². The molecular formula is C10H22OS2. The maximum absolute atomic E-state index is 4.98. The van der Waals surface area contributed by atoms with E-state index in [1.165, 1.54) is 43.6 Å². The van der Waals surface area contributed by atoms with Crippen LogP contribution < -0.4 is 0 Å². The van der Waals surface area contributed by atoms with Crippen LogP contribution in [-0.2, 0) is 4.74 Å². The molecule has 0 unspecified atom stereocenters. The minimum absolute atomic E-state index is 0.909. The van der Waals surface area contributed by atoms with Gasteiger partial charge in [-0.05, 0) is 36.5 Å². The summed E-state index contributed by atoms with van der Waals surface area (Å²) in [5.41, 5.74) is 0. The highest BCUT2D eigenvalue weighted by Crippen LogP contribution is 2.08. The molecule has 0 aromatic heterocycles. The van der Waals surface area contributed by atoms with E-state index in [1.54, 1.807) is 7.11 Å². The van der Waals surface area contributed by atoms with Gasteiger partial charge in [0.05, 0.1) is 0 Å². The molecule has 0 rings (SSSR count). The Morgan fingerprint density at radius 3 is 2.38 bits per heavy atom. The molecule has 0 aromatic carbocycles. The van der Waals surface area contributed by atoms with Gasteiger partial charge in [-0.1, -0.05) is 12.8 Å². The van der Waals surface area contributed by atoms with Crippen molar-refractivity contribution in [2.24, 2.45) is 0 Å². The van der Waals surface area contributed by atoms with Gasteiger partial charge in [0.1, 0.15) is 0 Å². The molecule has 0 saturated carbocycles. The molecular weight excluding hydrogens is 200 g/mol. The van der Waals surface area contributed by atoms with Gasteiger partial charge in [0, 0.05) is 13.7 Å². The van der Waals surface area contributed by atoms with Gasteiger partial charge in [0.2, 0.25) is 0 Å². The maximum atomic E-state index is 4.98. The number of thiol groups is 1. The lowest BCUT2D eigenvalue weighted by Crippen LogP contribution is -1.91. The van der Waals surface area contributed by atoms with E-state index in [4.69, 9.17) is 4.74 Å². The highest BCUT2D eigenvalue weighted by atomic mass is 32.2. The van der Waals surface area contributed by atoms with E-state index in [0.29, 0.717) is 0 Å². The van der Waals surface area contributed by atoms with Crippen LogP contribution in [0.5, 0.6) is 0 Å². The van der Waals surface area contributed by atoms with Gasteiger partial charge < -0.3 is 4.74 Å². The standard InChI is InChI=1S/C10H22OS2/c1-11-7-6-10-13-9-5-3-2-4-8-12/h12H,2-10H2,1H3. The Kier molecular flexibility index (Phi) is 13.3. The smallest absolute Gasteiger partial charge is 0.0470 e. The molecule has 0 atom stereocenters. The molecule has 0 amide bonds. The predicted octanol–water partition coefficient (Wildman–Crippen LogP) is 3.25. The van der Waals surface area contributed by atoms with Crippen LogP contribution >= 0.6 is 24.4 Å². The second kappa shape index (κ2) is 12.7. The Bertz CT molecular complexity index is 79.0. The van der Waals surface area contributed by atoms with Gasteiger partial charge in [0.15, 0.2) is 0 Å². The lowest BCUT2D eigenvalue weighted by molar-refractivity contribution is 0.200. The minimum atomic E-state index is 0.909. The van der Waals surface area contributed by atoms with Crippen LogP contribution in [0, 0.1) is 0 Å². The molecule has 0 aliphatic rings. The van der Waals surface area contributed by atoms with Crippen LogP contribution in [0.4, 0.5) is 0 Å². The van der Waals surface area contributed by atoms with E-state index < -0.39 is 0 Å². The van der Waals surface area contributed by atoms with E-state index in [9.17, 15) is 0 Å². The number of thioether (sulfide) groups is 1. The zero-order valence-corrected chi connectivity index (χ0v) is 10.3. The van der Waals surface area contributed by atoms with Crippen molar-refractivity contribution in [1.29, 1.82) is 0 Å². The highest BCUT2D eigenvalue weighted by Gasteiger charge is 1.91. The van der Waals surface area contributed by atoms with Crippen molar-refractivity contribution >= 4 is 24.4 Å². The van der Waals surface area contributed by atoms with E-state index in [-0.39, 0.29) is 0 Å². The van der Waals surface area contributed by atoms with Crippen LogP contribution in [-0.4, -0.2) is 31.0 Å². The molecule has 1 nitrogen and oxygen atoms in total. The Morgan fingerprint density at radius 1 is 1.00 bits per heavy atom. The molecule has 0 aromatic rings. The van der Waals surface area contributed by atoms with Crippen molar-refractivity contribution in [2.75, 3.05) is 31.0 Å². The molecule has 3 heteroatoms. The Labute approximate surface area is 92.4 Å². The molecule has 0 N–H and O–H groups in total. The lowest BCUT2D eigenvalue weighted by atomic mass is 10.2. The lowest BCUT2D eigenvalue weighted by Gasteiger charge is -2.01. The normalized spacial score (nSPS) is 10.6. The number of unbranched alkanes of at least 4 members (excludes halogenated alkanes) is 3. The fourth-order valence-electron chi connectivity index (χ4n) is 1.08. The van der Waals surface area contributed by atoms with Gasteiger partial charge in [0.25, 0.3) is 0 Å². The Hall–Kier alpha value is 0.660. The van der Waals surface area contributed by atoms with Crippen molar-refractivity contribution < 1.29 is 4.74 Å². The molecule has 0 fully saturated rings. The monoisotopic (exact) mass is 222 g/mol. The molecule has 0 saturated heterocycles. The van der Waals surface area contributed by atoms with Crippen molar-refractivity contribution in [3.8, 4) is 0 Å². The number of hydrogen-bond donors (Lipinski definition) is 1. The third-order valence-corrected chi connectivity index (χ3v) is 3.30. The first-order valence-electron chi connectivity index (χ1n) is 5.09. The van der Waals surface area contributed by atoms with Crippen LogP contribution in [0.3, 0.4) is 0 Å². The largest absolute Gasteiger partial charge is 0.385 e. The maximum Gasteiger partial charge on any atom is 0.0470 e. The van der Waals surface area contributed by atoms with E-state index in [0.717, 1.165) is 12.4 Å². The first-order valence-corrected chi connectivity index (χ1v) is 6.88. The summed E-state index contributed by atoms with van der Waals surface area (Å²) in [4.78, 5) is 0. The molecule has 0 aliphatic heterocycles. The summed E-state index contributed by atoms with van der Waals surface area (Å²) in [6.45, 7) is 0.909. The van der Waals surface area contributed by atoms with Crippen LogP contribution in [0.1, 0.15) is 32.1 Å². The van der Waals surface area contributed by atoms with Gasteiger partial charge in [-0.15, -0.1) is 0 Å². The molecule has 0 radical (unpaired) electrons. The quantitative estimate of drug-likeness (QED) is 0.449. The highest BCUT2D eigenvalue weighted by molar-refractivity contribution is 7.99. The molecule has 13 heavy (non-hydrogen) atoms. The molecule has 0 heterocycles. The zero-order valence-electron chi connectivity index (χ0n) is 8.63. The Morgan fingerprint density at radius 2 is 1.69 bits per heavy atom. The van der Waals surface area contributed by atoms with E-state index >= 15 is 0 Å². The Balaban J connectivity index is 2.76.